The molecule has 5 heteroatoms. The molecule has 0 aliphatic carbocycles. The Morgan fingerprint density at radius 1 is 1.43 bits per heavy atom. The third-order valence-corrected chi connectivity index (χ3v) is 2.81. The van der Waals surface area contributed by atoms with Crippen LogP contribution in [-0.2, 0) is 4.79 Å². The minimum Gasteiger partial charge on any atom is -0.369 e. The van der Waals surface area contributed by atoms with Crippen LogP contribution in [0, 0.1) is 11.3 Å². The summed E-state index contributed by atoms with van der Waals surface area (Å²) in [7, 11) is 0. The second-order valence-electron chi connectivity index (χ2n) is 3.75. The first-order valence-corrected chi connectivity index (χ1v) is 4.54. The van der Waals surface area contributed by atoms with Gasteiger partial charge in [0.1, 0.15) is 5.41 Å². The van der Waals surface area contributed by atoms with Crippen LogP contribution in [0.3, 0.4) is 0 Å². The van der Waals surface area contributed by atoms with Gasteiger partial charge in [0.15, 0.2) is 0 Å². The number of amides is 1. The van der Waals surface area contributed by atoms with Crippen LogP contribution >= 0.6 is 0 Å². The molecule has 0 heterocycles. The Morgan fingerprint density at radius 3 is 2.07 bits per heavy atom. The van der Waals surface area contributed by atoms with Gasteiger partial charge in [-0.1, -0.05) is 20.3 Å². The van der Waals surface area contributed by atoms with E-state index in [4.69, 9.17) is 5.73 Å². The van der Waals surface area contributed by atoms with Crippen LogP contribution in [0.15, 0.2) is 0 Å². The molecule has 1 unspecified atom stereocenters. The molecule has 14 heavy (non-hydrogen) atoms. The summed E-state index contributed by atoms with van der Waals surface area (Å²) in [5.74, 6) is -2.09. The maximum atomic E-state index is 12.6. The average Bonchev–Trinajstić information content (AvgIpc) is 2.00. The average molecular weight is 211 g/mol. The predicted octanol–water partition coefficient (Wildman–Crippen LogP) is 2.48. The zero-order valence-electron chi connectivity index (χ0n) is 8.61. The Bertz CT molecular complexity index is 215. The van der Waals surface area contributed by atoms with Gasteiger partial charge in [-0.05, 0) is 19.3 Å². The highest BCUT2D eigenvalue weighted by Crippen LogP contribution is 2.45. The standard InChI is InChI=1S/C9H16F3NO/c1-4-5-6(2)8(3,7(13)14)9(10,11)12/h6H,4-5H2,1-3H3,(H2,13,14)/t6?,8-/m1/s1. The molecule has 2 nitrogen and oxygen atoms in total. The summed E-state index contributed by atoms with van der Waals surface area (Å²) in [5, 5.41) is 0. The highest BCUT2D eigenvalue weighted by molar-refractivity contribution is 5.81. The molecule has 0 radical (unpaired) electrons. The van der Waals surface area contributed by atoms with Crippen molar-refractivity contribution in [3.63, 3.8) is 0 Å². The Kier molecular flexibility index (Phi) is 3.97. The van der Waals surface area contributed by atoms with E-state index >= 15 is 0 Å². The highest BCUT2D eigenvalue weighted by Gasteiger charge is 2.58. The van der Waals surface area contributed by atoms with Crippen LogP contribution in [0.25, 0.3) is 0 Å². The summed E-state index contributed by atoms with van der Waals surface area (Å²) in [6, 6.07) is 0. The van der Waals surface area contributed by atoms with Crippen molar-refractivity contribution < 1.29 is 18.0 Å². The quantitative estimate of drug-likeness (QED) is 0.762. The van der Waals surface area contributed by atoms with Gasteiger partial charge in [0.05, 0.1) is 0 Å². The molecule has 84 valence electrons. The molecule has 0 spiro atoms. The van der Waals surface area contributed by atoms with Gasteiger partial charge >= 0.3 is 6.18 Å². The van der Waals surface area contributed by atoms with E-state index in [-0.39, 0.29) is 0 Å². The van der Waals surface area contributed by atoms with Gasteiger partial charge in [-0.15, -0.1) is 0 Å². The van der Waals surface area contributed by atoms with E-state index in [9.17, 15) is 18.0 Å². The fraction of sp³-hybridized carbons (Fsp3) is 0.889. The number of hydrogen-bond donors (Lipinski definition) is 1. The van der Waals surface area contributed by atoms with E-state index in [2.05, 4.69) is 0 Å². The third-order valence-electron chi connectivity index (χ3n) is 2.81. The predicted molar refractivity (Wildman–Crippen MR) is 47.4 cm³/mol. The van der Waals surface area contributed by atoms with E-state index in [0.717, 1.165) is 6.92 Å². The first-order valence-electron chi connectivity index (χ1n) is 4.54. The smallest absolute Gasteiger partial charge is 0.369 e. The Balaban J connectivity index is 5.01. The summed E-state index contributed by atoms with van der Waals surface area (Å²) in [5.41, 5.74) is 2.42. The molecule has 0 aromatic heterocycles. The van der Waals surface area contributed by atoms with Crippen molar-refractivity contribution in [1.29, 1.82) is 0 Å². The van der Waals surface area contributed by atoms with Crippen LogP contribution in [0.2, 0.25) is 0 Å². The van der Waals surface area contributed by atoms with Crippen molar-refractivity contribution in [2.45, 2.75) is 39.8 Å². The maximum Gasteiger partial charge on any atom is 0.403 e. The lowest BCUT2D eigenvalue weighted by Crippen LogP contribution is -2.50. The van der Waals surface area contributed by atoms with Gasteiger partial charge in [0, 0.05) is 0 Å². The Hall–Kier alpha value is -0.740. The largest absolute Gasteiger partial charge is 0.403 e. The van der Waals surface area contributed by atoms with Gasteiger partial charge in [-0.3, -0.25) is 4.79 Å². The highest BCUT2D eigenvalue weighted by atomic mass is 19.4. The zero-order chi connectivity index (χ0) is 11.6. The molecule has 2 N–H and O–H groups in total. The summed E-state index contributed by atoms with van der Waals surface area (Å²) < 4.78 is 37.9. The van der Waals surface area contributed by atoms with Crippen LogP contribution in [0.4, 0.5) is 13.2 Å². The maximum absolute atomic E-state index is 12.6. The molecule has 2 atom stereocenters. The molecule has 1 amide bonds. The SMILES string of the molecule is CCCC(C)[C@](C)(C(N)=O)C(F)(F)F. The lowest BCUT2D eigenvalue weighted by Gasteiger charge is -2.34. The molecule has 0 rings (SSSR count). The van der Waals surface area contributed by atoms with Crippen LogP contribution in [-0.4, -0.2) is 12.1 Å². The number of rotatable bonds is 4. The van der Waals surface area contributed by atoms with E-state index in [1.807, 2.05) is 0 Å². The normalized spacial score (nSPS) is 18.7. The second kappa shape index (κ2) is 4.19. The third kappa shape index (κ3) is 2.19. The number of halogens is 3. The van der Waals surface area contributed by atoms with E-state index < -0.39 is 23.4 Å². The fourth-order valence-corrected chi connectivity index (χ4v) is 1.38. The first-order chi connectivity index (χ1) is 6.17. The Labute approximate surface area is 81.7 Å². The molecule has 0 fully saturated rings. The van der Waals surface area contributed by atoms with E-state index in [0.29, 0.717) is 12.8 Å². The van der Waals surface area contributed by atoms with Crippen molar-refractivity contribution >= 4 is 5.91 Å². The van der Waals surface area contributed by atoms with Crippen molar-refractivity contribution in [2.24, 2.45) is 17.1 Å². The first kappa shape index (κ1) is 13.3. The minimum atomic E-state index is -4.58. The molecular formula is C9H16F3NO. The molecular weight excluding hydrogens is 195 g/mol. The fourth-order valence-electron chi connectivity index (χ4n) is 1.38. The summed E-state index contributed by atoms with van der Waals surface area (Å²) in [6.45, 7) is 4.05. The summed E-state index contributed by atoms with van der Waals surface area (Å²) >= 11 is 0. The number of carbonyl (C=O) groups is 1. The summed E-state index contributed by atoms with van der Waals surface area (Å²) in [6.07, 6.45) is -3.65. The molecule has 0 aliphatic heterocycles. The summed E-state index contributed by atoms with van der Waals surface area (Å²) in [4.78, 5) is 10.9. The molecule has 0 saturated carbocycles. The number of carbonyl (C=O) groups excluding carboxylic acids is 1. The van der Waals surface area contributed by atoms with Gasteiger partial charge in [0.25, 0.3) is 0 Å². The van der Waals surface area contributed by atoms with Gasteiger partial charge in [-0.2, -0.15) is 13.2 Å². The lowest BCUT2D eigenvalue weighted by molar-refractivity contribution is -0.229. The van der Waals surface area contributed by atoms with Crippen molar-refractivity contribution in [3.05, 3.63) is 0 Å². The zero-order valence-corrected chi connectivity index (χ0v) is 8.61. The molecule has 0 aromatic rings. The molecule has 0 aromatic carbocycles. The monoisotopic (exact) mass is 211 g/mol. The number of alkyl halides is 3. The van der Waals surface area contributed by atoms with Crippen LogP contribution in [0.5, 0.6) is 0 Å². The topological polar surface area (TPSA) is 43.1 Å². The van der Waals surface area contributed by atoms with Crippen molar-refractivity contribution in [1.82, 2.24) is 0 Å². The molecule has 0 saturated heterocycles. The van der Waals surface area contributed by atoms with Crippen molar-refractivity contribution in [2.75, 3.05) is 0 Å². The second-order valence-corrected chi connectivity index (χ2v) is 3.75. The van der Waals surface area contributed by atoms with Crippen molar-refractivity contribution in [3.8, 4) is 0 Å². The number of primary amides is 1. The van der Waals surface area contributed by atoms with Gasteiger partial charge in [-0.25, -0.2) is 0 Å². The van der Waals surface area contributed by atoms with Gasteiger partial charge < -0.3 is 5.73 Å². The number of hydrogen-bond acceptors (Lipinski definition) is 1. The lowest BCUT2D eigenvalue weighted by atomic mass is 9.74. The Morgan fingerprint density at radius 2 is 1.86 bits per heavy atom. The van der Waals surface area contributed by atoms with Crippen LogP contribution < -0.4 is 5.73 Å². The van der Waals surface area contributed by atoms with Gasteiger partial charge in [0.2, 0.25) is 5.91 Å². The number of nitrogens with two attached hydrogens (primary N) is 1. The molecule has 0 aliphatic rings. The van der Waals surface area contributed by atoms with E-state index in [1.54, 1.807) is 6.92 Å². The molecule has 0 bridgehead atoms. The van der Waals surface area contributed by atoms with E-state index in [1.165, 1.54) is 6.92 Å². The van der Waals surface area contributed by atoms with Crippen LogP contribution in [0.1, 0.15) is 33.6 Å². The minimum absolute atomic E-state index is 0.332.